The lowest BCUT2D eigenvalue weighted by Gasteiger charge is -2.33. The Morgan fingerprint density at radius 3 is 2.35 bits per heavy atom. The Balaban J connectivity index is 1.60. The Bertz CT molecular complexity index is 648. The van der Waals surface area contributed by atoms with Gasteiger partial charge in [0.25, 0.3) is 5.82 Å². The molecule has 0 bridgehead atoms. The van der Waals surface area contributed by atoms with Crippen LogP contribution in [0.4, 0.5) is 16.3 Å². The third-order valence-electron chi connectivity index (χ3n) is 4.29. The molecular weight excluding hydrogens is 288 g/mol. The number of pyridine rings is 1. The topological polar surface area (TPSA) is 40.9 Å². The van der Waals surface area contributed by atoms with Crippen LogP contribution in [0, 0.1) is 6.92 Å². The smallest absolute Gasteiger partial charge is 0.317 e. The van der Waals surface area contributed by atoms with Crippen molar-refractivity contribution in [3.05, 3.63) is 54.2 Å². The van der Waals surface area contributed by atoms with Crippen LogP contribution in [-0.2, 0) is 0 Å². The maximum Gasteiger partial charge on any atom is 0.324 e. The van der Waals surface area contributed by atoms with Crippen LogP contribution in [0.2, 0.25) is 0 Å². The van der Waals surface area contributed by atoms with Crippen molar-refractivity contribution in [1.82, 2.24) is 4.90 Å². The molecule has 1 aromatic carbocycles. The van der Waals surface area contributed by atoms with Gasteiger partial charge < -0.3 is 4.90 Å². The molecule has 5 nitrogen and oxygen atoms in total. The summed E-state index contributed by atoms with van der Waals surface area (Å²) in [5.41, 5.74) is 2.13. The van der Waals surface area contributed by atoms with Gasteiger partial charge in [-0.15, -0.1) is 0 Å². The van der Waals surface area contributed by atoms with E-state index in [0.717, 1.165) is 37.7 Å². The summed E-state index contributed by atoms with van der Waals surface area (Å²) >= 11 is 0. The minimum absolute atomic E-state index is 0.0607. The number of carbonyl (C=O) groups excluding carboxylic acids is 1. The maximum absolute atomic E-state index is 12.7. The third-order valence-corrected chi connectivity index (χ3v) is 4.29. The molecule has 23 heavy (non-hydrogen) atoms. The summed E-state index contributed by atoms with van der Waals surface area (Å²) in [6.07, 6.45) is 1.93. The van der Waals surface area contributed by atoms with Crippen molar-refractivity contribution in [2.45, 2.75) is 6.92 Å². The fourth-order valence-corrected chi connectivity index (χ4v) is 2.81. The summed E-state index contributed by atoms with van der Waals surface area (Å²) < 4.78 is 0. The van der Waals surface area contributed by atoms with Gasteiger partial charge in [0.05, 0.1) is 19.3 Å². The van der Waals surface area contributed by atoms with Crippen LogP contribution in [0.25, 0.3) is 0 Å². The van der Waals surface area contributed by atoms with Crippen LogP contribution in [0.15, 0.2) is 48.7 Å². The number of rotatable bonds is 2. The lowest BCUT2D eigenvalue weighted by molar-refractivity contribution is -0.364. The SMILES string of the molecule is Cc1ccc(N(C)C(=O)N2CCN(c3cccc[nH+]3)CC2)cc1. The normalized spacial score (nSPS) is 14.7. The molecule has 2 amide bonds. The van der Waals surface area contributed by atoms with Crippen LogP contribution in [0.5, 0.6) is 0 Å². The molecule has 1 saturated heterocycles. The highest BCUT2D eigenvalue weighted by Crippen LogP contribution is 2.17. The Morgan fingerprint density at radius 1 is 1.04 bits per heavy atom. The molecule has 120 valence electrons. The minimum Gasteiger partial charge on any atom is -0.317 e. The number of aromatic nitrogens is 1. The van der Waals surface area contributed by atoms with Gasteiger partial charge in [0.1, 0.15) is 13.1 Å². The zero-order valence-corrected chi connectivity index (χ0v) is 13.7. The van der Waals surface area contributed by atoms with Crippen LogP contribution >= 0.6 is 0 Å². The molecule has 0 radical (unpaired) electrons. The minimum atomic E-state index is 0.0607. The van der Waals surface area contributed by atoms with E-state index in [4.69, 9.17) is 0 Å². The van der Waals surface area contributed by atoms with E-state index in [1.807, 2.05) is 61.5 Å². The molecule has 0 unspecified atom stereocenters. The number of anilines is 2. The first-order valence-corrected chi connectivity index (χ1v) is 7.96. The van der Waals surface area contributed by atoms with E-state index in [9.17, 15) is 4.79 Å². The van der Waals surface area contributed by atoms with E-state index in [0.29, 0.717) is 0 Å². The second-order valence-electron chi connectivity index (χ2n) is 5.90. The van der Waals surface area contributed by atoms with E-state index in [2.05, 4.69) is 16.0 Å². The highest BCUT2D eigenvalue weighted by atomic mass is 16.2. The average Bonchev–Trinajstić information content (AvgIpc) is 2.62. The van der Waals surface area contributed by atoms with Gasteiger partial charge in [0.2, 0.25) is 0 Å². The molecule has 2 aromatic rings. The van der Waals surface area contributed by atoms with Crippen LogP contribution < -0.4 is 14.8 Å². The molecule has 0 saturated carbocycles. The van der Waals surface area contributed by atoms with E-state index < -0.39 is 0 Å². The molecule has 0 aliphatic carbocycles. The Labute approximate surface area is 137 Å². The zero-order chi connectivity index (χ0) is 16.2. The fourth-order valence-electron chi connectivity index (χ4n) is 2.81. The van der Waals surface area contributed by atoms with Crippen molar-refractivity contribution in [3.63, 3.8) is 0 Å². The standard InChI is InChI=1S/C18H22N4O/c1-15-6-8-16(9-7-15)20(2)18(23)22-13-11-21(12-14-22)17-5-3-4-10-19-17/h3-10H,11-14H2,1-2H3/p+1. The summed E-state index contributed by atoms with van der Waals surface area (Å²) in [6.45, 7) is 5.20. The highest BCUT2D eigenvalue weighted by Gasteiger charge is 2.28. The van der Waals surface area contributed by atoms with E-state index >= 15 is 0 Å². The van der Waals surface area contributed by atoms with Gasteiger partial charge >= 0.3 is 6.03 Å². The van der Waals surface area contributed by atoms with Crippen LogP contribution in [0.1, 0.15) is 5.56 Å². The third kappa shape index (κ3) is 3.44. The van der Waals surface area contributed by atoms with Gasteiger partial charge in [-0.1, -0.05) is 23.8 Å². The number of piperazine rings is 1. The van der Waals surface area contributed by atoms with Gasteiger partial charge in [-0.05, 0) is 25.1 Å². The largest absolute Gasteiger partial charge is 0.324 e. The van der Waals surface area contributed by atoms with Gasteiger partial charge in [0.15, 0.2) is 0 Å². The van der Waals surface area contributed by atoms with Crippen molar-refractivity contribution in [3.8, 4) is 0 Å². The Hall–Kier alpha value is -2.56. The number of hydrogen-bond acceptors (Lipinski definition) is 2. The predicted molar refractivity (Wildman–Crippen MR) is 91.8 cm³/mol. The van der Waals surface area contributed by atoms with Crippen LogP contribution in [0.3, 0.4) is 0 Å². The molecule has 1 N–H and O–H groups in total. The lowest BCUT2D eigenvalue weighted by Crippen LogP contribution is -2.53. The second-order valence-corrected chi connectivity index (χ2v) is 5.90. The van der Waals surface area contributed by atoms with Crippen molar-refractivity contribution in [1.29, 1.82) is 0 Å². The number of H-pyrrole nitrogens is 1. The number of nitrogens with zero attached hydrogens (tertiary/aromatic N) is 3. The summed E-state index contributed by atoms with van der Waals surface area (Å²) in [4.78, 5) is 21.8. The summed E-state index contributed by atoms with van der Waals surface area (Å²) in [6, 6.07) is 14.2. The van der Waals surface area contributed by atoms with Gasteiger partial charge in [-0.25, -0.2) is 9.78 Å². The number of carbonyl (C=O) groups is 1. The van der Waals surface area contributed by atoms with Crippen molar-refractivity contribution in [2.75, 3.05) is 43.0 Å². The first kappa shape index (κ1) is 15.3. The molecular formula is C18H23N4O+. The Morgan fingerprint density at radius 2 is 1.74 bits per heavy atom. The number of hydrogen-bond donors (Lipinski definition) is 0. The molecule has 0 atom stereocenters. The first-order chi connectivity index (χ1) is 11.1. The summed E-state index contributed by atoms with van der Waals surface area (Å²) in [5, 5.41) is 0. The van der Waals surface area contributed by atoms with Crippen molar-refractivity contribution >= 4 is 17.5 Å². The number of aryl methyl sites for hydroxylation is 1. The number of urea groups is 1. The molecule has 1 aromatic heterocycles. The quantitative estimate of drug-likeness (QED) is 0.853. The molecule has 1 aliphatic rings. The van der Waals surface area contributed by atoms with E-state index in [1.165, 1.54) is 5.56 Å². The van der Waals surface area contributed by atoms with E-state index in [-0.39, 0.29) is 6.03 Å². The summed E-state index contributed by atoms with van der Waals surface area (Å²) in [7, 11) is 1.84. The number of amides is 2. The predicted octanol–water partition coefficient (Wildman–Crippen LogP) is 2.19. The monoisotopic (exact) mass is 311 g/mol. The number of nitrogens with one attached hydrogen (secondary N) is 1. The number of aromatic amines is 1. The van der Waals surface area contributed by atoms with Gasteiger partial charge in [0, 0.05) is 18.8 Å². The highest BCUT2D eigenvalue weighted by molar-refractivity contribution is 5.91. The van der Waals surface area contributed by atoms with Gasteiger partial charge in [-0.2, -0.15) is 0 Å². The second kappa shape index (κ2) is 6.69. The molecule has 5 heteroatoms. The molecule has 2 heterocycles. The fraction of sp³-hybridized carbons (Fsp3) is 0.333. The molecule has 1 aliphatic heterocycles. The van der Waals surface area contributed by atoms with Gasteiger partial charge in [-0.3, -0.25) is 9.80 Å². The maximum atomic E-state index is 12.7. The van der Waals surface area contributed by atoms with Crippen molar-refractivity contribution < 1.29 is 9.78 Å². The first-order valence-electron chi connectivity index (χ1n) is 7.96. The zero-order valence-electron chi connectivity index (χ0n) is 13.7. The average molecular weight is 311 g/mol. The molecule has 3 rings (SSSR count). The van der Waals surface area contributed by atoms with Crippen LogP contribution in [-0.4, -0.2) is 44.2 Å². The Kier molecular flexibility index (Phi) is 4.46. The van der Waals surface area contributed by atoms with E-state index in [1.54, 1.807) is 4.90 Å². The van der Waals surface area contributed by atoms with Crippen molar-refractivity contribution in [2.24, 2.45) is 0 Å². The lowest BCUT2D eigenvalue weighted by atomic mass is 10.2. The molecule has 1 fully saturated rings. The molecule has 0 spiro atoms. The number of benzene rings is 1. The summed E-state index contributed by atoms with van der Waals surface area (Å²) in [5.74, 6) is 1.10.